The molecule has 8 nitrogen and oxygen atoms in total. The Morgan fingerprint density at radius 1 is 1.21 bits per heavy atom. The van der Waals surface area contributed by atoms with Crippen molar-refractivity contribution in [2.45, 2.75) is 76.7 Å². The number of aliphatic hydroxyl groups excluding tert-OH is 4. The first-order valence-electron chi connectivity index (χ1n) is 10.0. The van der Waals surface area contributed by atoms with Crippen LogP contribution >= 0.6 is 0 Å². The van der Waals surface area contributed by atoms with E-state index in [4.69, 9.17) is 9.47 Å². The summed E-state index contributed by atoms with van der Waals surface area (Å²) in [6, 6.07) is 0. The molecular formula is C21H30O8. The highest BCUT2D eigenvalue weighted by atomic mass is 16.6. The molecule has 1 aliphatic heterocycles. The number of hydrogen-bond donors (Lipinski definition) is 4. The van der Waals surface area contributed by atoms with Gasteiger partial charge in [0.05, 0.1) is 0 Å². The molecule has 1 unspecified atom stereocenters. The fraction of sp³-hybridized carbons (Fsp3) is 0.714. The van der Waals surface area contributed by atoms with Crippen LogP contribution in [0.4, 0.5) is 0 Å². The van der Waals surface area contributed by atoms with Crippen molar-refractivity contribution in [1.82, 2.24) is 0 Å². The molecule has 0 spiro atoms. The van der Waals surface area contributed by atoms with E-state index >= 15 is 0 Å². The number of aliphatic hydroxyl groups is 4. The molecule has 29 heavy (non-hydrogen) atoms. The van der Waals surface area contributed by atoms with E-state index in [2.05, 4.69) is 13.5 Å². The highest BCUT2D eigenvalue weighted by Gasteiger charge is 2.44. The normalized spacial score (nSPS) is 40.4. The zero-order valence-corrected chi connectivity index (χ0v) is 16.8. The van der Waals surface area contributed by atoms with Gasteiger partial charge in [0.25, 0.3) is 0 Å². The molecule has 3 rings (SSSR count). The fourth-order valence-corrected chi connectivity index (χ4v) is 4.65. The van der Waals surface area contributed by atoms with Gasteiger partial charge in [0.1, 0.15) is 31.0 Å². The summed E-state index contributed by atoms with van der Waals surface area (Å²) in [6.45, 7) is 7.51. The number of ketones is 1. The maximum absolute atomic E-state index is 12.5. The third kappa shape index (κ3) is 4.18. The predicted molar refractivity (Wildman–Crippen MR) is 101 cm³/mol. The maximum atomic E-state index is 12.5. The Kier molecular flexibility index (Phi) is 6.31. The van der Waals surface area contributed by atoms with Crippen LogP contribution in [0.5, 0.6) is 0 Å². The van der Waals surface area contributed by atoms with Crippen LogP contribution in [0.25, 0.3) is 0 Å². The molecule has 0 aromatic rings. The van der Waals surface area contributed by atoms with Crippen molar-refractivity contribution >= 4 is 11.8 Å². The highest BCUT2D eigenvalue weighted by Crippen LogP contribution is 2.51. The molecule has 0 aromatic carbocycles. The summed E-state index contributed by atoms with van der Waals surface area (Å²) < 4.78 is 10.2. The van der Waals surface area contributed by atoms with Gasteiger partial charge in [0.15, 0.2) is 12.1 Å². The second-order valence-corrected chi connectivity index (χ2v) is 8.69. The maximum Gasteiger partial charge on any atom is 0.333 e. The van der Waals surface area contributed by atoms with Crippen LogP contribution in [0.15, 0.2) is 23.3 Å². The molecule has 0 amide bonds. The molecular weight excluding hydrogens is 380 g/mol. The number of carbonyl (C=O) groups is 2. The second-order valence-electron chi connectivity index (χ2n) is 8.69. The van der Waals surface area contributed by atoms with Gasteiger partial charge in [-0.25, -0.2) is 4.79 Å². The van der Waals surface area contributed by atoms with Gasteiger partial charge in [-0.3, -0.25) is 4.79 Å². The van der Waals surface area contributed by atoms with Crippen molar-refractivity contribution < 1.29 is 39.5 Å². The van der Waals surface area contributed by atoms with E-state index in [1.165, 1.54) is 0 Å². The monoisotopic (exact) mass is 410 g/mol. The fourth-order valence-electron chi connectivity index (χ4n) is 4.65. The molecule has 3 aliphatic rings. The average Bonchev–Trinajstić information content (AvgIpc) is 2.70. The van der Waals surface area contributed by atoms with Gasteiger partial charge in [-0.1, -0.05) is 19.1 Å². The van der Waals surface area contributed by atoms with Crippen LogP contribution < -0.4 is 0 Å². The summed E-state index contributed by atoms with van der Waals surface area (Å²) in [7, 11) is 0. The van der Waals surface area contributed by atoms with Crippen molar-refractivity contribution in [2.24, 2.45) is 11.3 Å². The van der Waals surface area contributed by atoms with Crippen LogP contribution in [-0.2, 0) is 19.1 Å². The quantitative estimate of drug-likeness (QED) is 0.386. The lowest BCUT2D eigenvalue weighted by Gasteiger charge is -2.43. The van der Waals surface area contributed by atoms with Crippen LogP contribution in [0, 0.1) is 11.3 Å². The third-order valence-corrected chi connectivity index (χ3v) is 6.82. The lowest BCUT2D eigenvalue weighted by Crippen LogP contribution is -2.58. The van der Waals surface area contributed by atoms with Crippen molar-refractivity contribution in [2.75, 3.05) is 6.61 Å². The van der Waals surface area contributed by atoms with E-state index in [0.717, 1.165) is 30.4 Å². The number of carbonyl (C=O) groups excluding carboxylic acids is 2. The molecule has 7 atom stereocenters. The van der Waals surface area contributed by atoms with Gasteiger partial charge in [-0.2, -0.15) is 0 Å². The molecule has 2 fully saturated rings. The zero-order valence-electron chi connectivity index (χ0n) is 16.8. The summed E-state index contributed by atoms with van der Waals surface area (Å²) >= 11 is 0. The zero-order chi connectivity index (χ0) is 21.5. The Morgan fingerprint density at radius 3 is 2.59 bits per heavy atom. The Balaban J connectivity index is 1.60. The Morgan fingerprint density at radius 2 is 1.90 bits per heavy atom. The summed E-state index contributed by atoms with van der Waals surface area (Å²) in [5.74, 6) is -0.624. The van der Waals surface area contributed by atoms with E-state index in [9.17, 15) is 30.0 Å². The summed E-state index contributed by atoms with van der Waals surface area (Å²) in [5, 5.41) is 38.7. The van der Waals surface area contributed by atoms with E-state index < -0.39 is 43.3 Å². The van der Waals surface area contributed by atoms with Crippen LogP contribution in [-0.4, -0.2) is 69.5 Å². The number of Topliss-reactive ketones (excluding diaryl/α,β-unsaturated/α-hetero) is 1. The molecule has 0 aromatic heterocycles. The lowest BCUT2D eigenvalue weighted by atomic mass is 9.60. The average molecular weight is 410 g/mol. The molecule has 1 saturated heterocycles. The number of hydrogen-bond acceptors (Lipinski definition) is 8. The van der Waals surface area contributed by atoms with Gasteiger partial charge >= 0.3 is 5.97 Å². The van der Waals surface area contributed by atoms with E-state index in [0.29, 0.717) is 12.8 Å². The first kappa shape index (κ1) is 22.1. The van der Waals surface area contributed by atoms with Crippen LogP contribution in [0.1, 0.15) is 46.0 Å². The largest absolute Gasteiger partial charge is 0.459 e. The summed E-state index contributed by atoms with van der Waals surface area (Å²) in [4.78, 5) is 24.6. The minimum atomic E-state index is -1.69. The number of fused-ring (bicyclic) bond motifs is 1. The van der Waals surface area contributed by atoms with Gasteiger partial charge in [-0.05, 0) is 49.5 Å². The highest BCUT2D eigenvalue weighted by molar-refractivity contribution is 5.97. The minimum Gasteiger partial charge on any atom is -0.459 e. The first-order chi connectivity index (χ1) is 13.5. The minimum absolute atomic E-state index is 0.00810. The van der Waals surface area contributed by atoms with Crippen molar-refractivity contribution in [3.05, 3.63) is 23.3 Å². The number of ether oxygens (including phenoxy) is 2. The second kappa shape index (κ2) is 8.28. The Labute approximate surface area is 169 Å². The first-order valence-corrected chi connectivity index (χ1v) is 10.0. The molecule has 2 aliphatic carbocycles. The van der Waals surface area contributed by atoms with Crippen molar-refractivity contribution in [1.29, 1.82) is 0 Å². The Hall–Kier alpha value is -1.58. The summed E-state index contributed by atoms with van der Waals surface area (Å²) in [6.07, 6.45) is -4.00. The molecule has 0 bridgehead atoms. The third-order valence-electron chi connectivity index (χ3n) is 6.82. The SMILES string of the molecule is C=C(C(=O)OC[C@H]1OC(O)[C@H](O)[C@@H](O)[C@@H]1O)[C@@H]1CC[C@@]2(C)CCC(=O)C(C)=C2C1. The number of esters is 1. The Bertz CT molecular complexity index is 728. The van der Waals surface area contributed by atoms with Crippen LogP contribution in [0.3, 0.4) is 0 Å². The standard InChI is InChI=1S/C21H30O8/c1-10(12-4-6-21(3)7-5-14(22)11(2)13(21)8-12)19(26)28-9-15-16(23)17(24)18(25)20(27)29-15/h12,15-18,20,23-25,27H,1,4-9H2,2-3H3/t12-,15-,16-,17+,18-,20?,21+/m1/s1. The van der Waals surface area contributed by atoms with Crippen molar-refractivity contribution in [3.63, 3.8) is 0 Å². The topological polar surface area (TPSA) is 134 Å². The van der Waals surface area contributed by atoms with Crippen LogP contribution in [0.2, 0.25) is 0 Å². The van der Waals surface area contributed by atoms with E-state index in [1.807, 2.05) is 6.92 Å². The number of rotatable bonds is 4. The molecule has 0 radical (unpaired) electrons. The predicted octanol–water partition coefficient (Wildman–Crippen LogP) is 0.371. The van der Waals surface area contributed by atoms with Gasteiger partial charge in [0.2, 0.25) is 0 Å². The lowest BCUT2D eigenvalue weighted by molar-refractivity contribution is -0.287. The van der Waals surface area contributed by atoms with E-state index in [-0.39, 0.29) is 22.7 Å². The van der Waals surface area contributed by atoms with E-state index in [1.54, 1.807) is 0 Å². The molecule has 1 heterocycles. The molecule has 4 N–H and O–H groups in total. The van der Waals surface area contributed by atoms with Gasteiger partial charge in [0, 0.05) is 12.0 Å². The smallest absolute Gasteiger partial charge is 0.333 e. The molecule has 8 heteroatoms. The molecule has 162 valence electrons. The van der Waals surface area contributed by atoms with Crippen molar-refractivity contribution in [3.8, 4) is 0 Å². The number of allylic oxidation sites excluding steroid dienone is 2. The molecule has 1 saturated carbocycles. The summed E-state index contributed by atoms with van der Waals surface area (Å²) in [5.41, 5.74) is 2.18. The van der Waals surface area contributed by atoms with Gasteiger partial charge < -0.3 is 29.9 Å². The van der Waals surface area contributed by atoms with Gasteiger partial charge in [-0.15, -0.1) is 0 Å².